The second-order valence-corrected chi connectivity index (χ2v) is 4.55. The quantitative estimate of drug-likeness (QED) is 0.766. The summed E-state index contributed by atoms with van der Waals surface area (Å²) in [7, 11) is 3.43. The zero-order valence-corrected chi connectivity index (χ0v) is 11.7. The van der Waals surface area contributed by atoms with Gasteiger partial charge in [0.2, 0.25) is 0 Å². The van der Waals surface area contributed by atoms with E-state index in [1.165, 1.54) is 6.08 Å². The number of carboxylic acids is 1. The molecule has 1 aromatic rings. The first-order valence-electron chi connectivity index (χ1n) is 6.20. The number of para-hydroxylation sites is 1. The maximum absolute atomic E-state index is 11.1. The number of ether oxygens (including phenoxy) is 1. The molecule has 4 heteroatoms. The molecule has 104 valence electrons. The van der Waals surface area contributed by atoms with E-state index in [0.29, 0.717) is 0 Å². The van der Waals surface area contributed by atoms with Gasteiger partial charge in [-0.3, -0.25) is 9.69 Å². The van der Waals surface area contributed by atoms with Crippen LogP contribution in [-0.2, 0) is 11.2 Å². The average Bonchev–Trinajstić information content (AvgIpc) is 2.39. The minimum Gasteiger partial charge on any atom is -0.496 e. The minimum atomic E-state index is -0.885. The first kappa shape index (κ1) is 15.2. The molecule has 0 aliphatic carbocycles. The van der Waals surface area contributed by atoms with E-state index >= 15 is 0 Å². The van der Waals surface area contributed by atoms with Gasteiger partial charge in [-0.2, -0.15) is 0 Å². The van der Waals surface area contributed by atoms with Gasteiger partial charge in [-0.05, 0) is 32.0 Å². The van der Waals surface area contributed by atoms with E-state index in [-0.39, 0.29) is 6.04 Å². The van der Waals surface area contributed by atoms with Crippen LogP contribution < -0.4 is 4.74 Å². The van der Waals surface area contributed by atoms with Crippen molar-refractivity contribution in [2.75, 3.05) is 14.2 Å². The lowest BCUT2D eigenvalue weighted by Gasteiger charge is -2.29. The molecule has 0 aliphatic rings. The second kappa shape index (κ2) is 6.95. The van der Waals surface area contributed by atoms with Gasteiger partial charge in [-0.15, -0.1) is 6.58 Å². The van der Waals surface area contributed by atoms with E-state index in [4.69, 9.17) is 9.84 Å². The fourth-order valence-electron chi connectivity index (χ4n) is 2.05. The normalized spacial score (nSPS) is 13.9. The highest BCUT2D eigenvalue weighted by atomic mass is 16.5. The first-order valence-corrected chi connectivity index (χ1v) is 6.20. The van der Waals surface area contributed by atoms with E-state index in [9.17, 15) is 4.79 Å². The van der Waals surface area contributed by atoms with Crippen LogP contribution in [0.4, 0.5) is 0 Å². The van der Waals surface area contributed by atoms with Crippen LogP contribution in [-0.4, -0.2) is 42.2 Å². The molecule has 0 saturated carbocycles. The molecule has 1 aromatic carbocycles. The molecular weight excluding hydrogens is 242 g/mol. The number of hydrogen-bond acceptors (Lipinski definition) is 3. The number of carbonyl (C=O) groups is 1. The SMILES string of the molecule is C=CC(C(=O)O)N(C)C(C)Cc1ccccc1OC. The number of likely N-dealkylation sites (N-methyl/N-ethyl adjacent to an activating group) is 1. The summed E-state index contributed by atoms with van der Waals surface area (Å²) < 4.78 is 5.31. The summed E-state index contributed by atoms with van der Waals surface area (Å²) in [5.41, 5.74) is 1.07. The Hall–Kier alpha value is -1.81. The lowest BCUT2D eigenvalue weighted by molar-refractivity contribution is -0.141. The van der Waals surface area contributed by atoms with Gasteiger partial charge in [-0.1, -0.05) is 24.3 Å². The highest BCUT2D eigenvalue weighted by Crippen LogP contribution is 2.20. The van der Waals surface area contributed by atoms with E-state index in [0.717, 1.165) is 17.7 Å². The largest absolute Gasteiger partial charge is 0.496 e. The third kappa shape index (κ3) is 3.83. The van der Waals surface area contributed by atoms with E-state index in [2.05, 4.69) is 6.58 Å². The Kier molecular flexibility index (Phi) is 5.57. The maximum Gasteiger partial charge on any atom is 0.324 e. The molecule has 19 heavy (non-hydrogen) atoms. The smallest absolute Gasteiger partial charge is 0.324 e. The van der Waals surface area contributed by atoms with Crippen molar-refractivity contribution in [1.29, 1.82) is 0 Å². The Balaban J connectivity index is 2.81. The van der Waals surface area contributed by atoms with Gasteiger partial charge in [-0.25, -0.2) is 0 Å². The van der Waals surface area contributed by atoms with E-state index < -0.39 is 12.0 Å². The van der Waals surface area contributed by atoms with Crippen molar-refractivity contribution in [1.82, 2.24) is 4.90 Å². The Bertz CT molecular complexity index is 445. The minimum absolute atomic E-state index is 0.0652. The number of methoxy groups -OCH3 is 1. The number of hydrogen-bond donors (Lipinski definition) is 1. The molecule has 0 bridgehead atoms. The van der Waals surface area contributed by atoms with Crippen LogP contribution in [0.5, 0.6) is 5.75 Å². The number of rotatable bonds is 7. The monoisotopic (exact) mass is 263 g/mol. The Morgan fingerprint density at radius 2 is 2.16 bits per heavy atom. The van der Waals surface area contributed by atoms with Crippen molar-refractivity contribution in [3.8, 4) is 5.75 Å². The van der Waals surface area contributed by atoms with Crippen molar-refractivity contribution >= 4 is 5.97 Å². The lowest BCUT2D eigenvalue weighted by Crippen LogP contribution is -2.43. The second-order valence-electron chi connectivity index (χ2n) is 4.55. The Morgan fingerprint density at radius 3 is 2.68 bits per heavy atom. The van der Waals surface area contributed by atoms with Crippen molar-refractivity contribution in [2.45, 2.75) is 25.4 Å². The van der Waals surface area contributed by atoms with Crippen LogP contribution in [0, 0.1) is 0 Å². The molecule has 1 rings (SSSR count). The Labute approximate surface area is 114 Å². The van der Waals surface area contributed by atoms with Gasteiger partial charge in [0, 0.05) is 6.04 Å². The summed E-state index contributed by atoms with van der Waals surface area (Å²) >= 11 is 0. The number of nitrogens with zero attached hydrogens (tertiary/aromatic N) is 1. The highest BCUT2D eigenvalue weighted by Gasteiger charge is 2.23. The predicted molar refractivity (Wildman–Crippen MR) is 75.5 cm³/mol. The van der Waals surface area contributed by atoms with Gasteiger partial charge in [0.15, 0.2) is 0 Å². The molecule has 0 fully saturated rings. The summed E-state index contributed by atoms with van der Waals surface area (Å²) in [6.45, 7) is 5.57. The van der Waals surface area contributed by atoms with Crippen molar-refractivity contribution in [2.24, 2.45) is 0 Å². The first-order chi connectivity index (χ1) is 9.01. The molecule has 2 atom stereocenters. The fraction of sp³-hybridized carbons (Fsp3) is 0.400. The molecule has 4 nitrogen and oxygen atoms in total. The molecule has 0 aliphatic heterocycles. The van der Waals surface area contributed by atoms with Gasteiger partial charge in [0.1, 0.15) is 11.8 Å². The molecule has 0 amide bonds. The molecule has 2 unspecified atom stereocenters. The van der Waals surface area contributed by atoms with Crippen LogP contribution in [0.1, 0.15) is 12.5 Å². The van der Waals surface area contributed by atoms with E-state index in [1.807, 2.05) is 31.2 Å². The number of benzene rings is 1. The van der Waals surface area contributed by atoms with Gasteiger partial charge < -0.3 is 9.84 Å². The van der Waals surface area contributed by atoms with Crippen LogP contribution in [0.2, 0.25) is 0 Å². The van der Waals surface area contributed by atoms with Crippen LogP contribution >= 0.6 is 0 Å². The van der Waals surface area contributed by atoms with Crippen LogP contribution in [0.25, 0.3) is 0 Å². The van der Waals surface area contributed by atoms with E-state index in [1.54, 1.807) is 19.1 Å². The third-order valence-corrected chi connectivity index (χ3v) is 3.32. The molecule has 0 saturated heterocycles. The summed E-state index contributed by atoms with van der Waals surface area (Å²) in [4.78, 5) is 12.9. The standard InChI is InChI=1S/C15H21NO3/c1-5-13(15(17)18)16(3)11(2)10-12-8-6-7-9-14(12)19-4/h5-9,11,13H,1,10H2,2-4H3,(H,17,18). The van der Waals surface area contributed by atoms with Crippen LogP contribution in [0.15, 0.2) is 36.9 Å². The molecule has 0 spiro atoms. The molecule has 0 radical (unpaired) electrons. The molecule has 1 N–H and O–H groups in total. The highest BCUT2D eigenvalue weighted by molar-refractivity contribution is 5.75. The maximum atomic E-state index is 11.1. The number of carboxylic acid groups (broad SMARTS) is 1. The average molecular weight is 263 g/mol. The molecular formula is C15H21NO3. The molecule has 0 heterocycles. The topological polar surface area (TPSA) is 49.8 Å². The van der Waals surface area contributed by atoms with Gasteiger partial charge in [0.05, 0.1) is 7.11 Å². The summed E-state index contributed by atoms with van der Waals surface area (Å²) in [6, 6.07) is 7.16. The zero-order chi connectivity index (χ0) is 14.4. The molecule has 0 aromatic heterocycles. The third-order valence-electron chi connectivity index (χ3n) is 3.32. The summed E-state index contributed by atoms with van der Waals surface area (Å²) in [5, 5.41) is 9.12. The lowest BCUT2D eigenvalue weighted by atomic mass is 10.0. The zero-order valence-electron chi connectivity index (χ0n) is 11.7. The Morgan fingerprint density at radius 1 is 1.53 bits per heavy atom. The van der Waals surface area contributed by atoms with Crippen molar-refractivity contribution in [3.05, 3.63) is 42.5 Å². The van der Waals surface area contributed by atoms with Gasteiger partial charge in [0.25, 0.3) is 0 Å². The predicted octanol–water partition coefficient (Wildman–Crippen LogP) is 2.20. The van der Waals surface area contributed by atoms with Gasteiger partial charge >= 0.3 is 5.97 Å². The summed E-state index contributed by atoms with van der Waals surface area (Å²) in [5.74, 6) is -0.0578. The number of aliphatic carboxylic acids is 1. The van der Waals surface area contributed by atoms with Crippen LogP contribution in [0.3, 0.4) is 0 Å². The summed E-state index contributed by atoms with van der Waals surface area (Å²) in [6.07, 6.45) is 2.17. The van der Waals surface area contributed by atoms with Crippen molar-refractivity contribution < 1.29 is 14.6 Å². The van der Waals surface area contributed by atoms with Crippen molar-refractivity contribution in [3.63, 3.8) is 0 Å². The fourth-order valence-corrected chi connectivity index (χ4v) is 2.05.